The maximum atomic E-state index is 11.3. The molecule has 0 radical (unpaired) electrons. The molecule has 0 spiro atoms. The average molecular weight is 271 g/mol. The van der Waals surface area contributed by atoms with Crippen LogP contribution in [0.15, 0.2) is 48.5 Å². The van der Waals surface area contributed by atoms with E-state index in [0.29, 0.717) is 23.7 Å². The standard InChI is InChI=1S/C16H17NO3/c1-3-16(18)17-12-8-10-13(11-9-12)20-15-7-5-4-6-14(15)19-2/h4-11H,3H2,1-2H3,(H,17,18). The number of nitrogens with one attached hydrogen (secondary N) is 1. The lowest BCUT2D eigenvalue weighted by atomic mass is 10.3. The Labute approximate surface area is 118 Å². The summed E-state index contributed by atoms with van der Waals surface area (Å²) in [6, 6.07) is 14.7. The number of ether oxygens (including phenoxy) is 2. The van der Waals surface area contributed by atoms with Crippen molar-refractivity contribution in [2.24, 2.45) is 0 Å². The van der Waals surface area contributed by atoms with E-state index in [0.717, 1.165) is 5.69 Å². The average Bonchev–Trinajstić information content (AvgIpc) is 2.49. The molecule has 0 atom stereocenters. The summed E-state index contributed by atoms with van der Waals surface area (Å²) in [5, 5.41) is 2.79. The van der Waals surface area contributed by atoms with Gasteiger partial charge in [-0.25, -0.2) is 0 Å². The van der Waals surface area contributed by atoms with Crippen LogP contribution >= 0.6 is 0 Å². The van der Waals surface area contributed by atoms with Gasteiger partial charge in [0, 0.05) is 12.1 Å². The summed E-state index contributed by atoms with van der Waals surface area (Å²) < 4.78 is 11.0. The summed E-state index contributed by atoms with van der Waals surface area (Å²) in [4.78, 5) is 11.3. The first-order chi connectivity index (χ1) is 9.72. The number of rotatable bonds is 5. The third kappa shape index (κ3) is 3.51. The number of hydrogen-bond donors (Lipinski definition) is 1. The lowest BCUT2D eigenvalue weighted by Crippen LogP contribution is -2.08. The predicted octanol–water partition coefficient (Wildman–Crippen LogP) is 3.84. The number of anilines is 1. The zero-order valence-corrected chi connectivity index (χ0v) is 11.6. The SMILES string of the molecule is CCC(=O)Nc1ccc(Oc2ccccc2OC)cc1. The van der Waals surface area contributed by atoms with E-state index in [1.54, 1.807) is 31.4 Å². The van der Waals surface area contributed by atoms with Crippen LogP contribution in [0, 0.1) is 0 Å². The zero-order chi connectivity index (χ0) is 14.4. The lowest BCUT2D eigenvalue weighted by molar-refractivity contribution is -0.115. The Morgan fingerprint density at radius 1 is 1.05 bits per heavy atom. The van der Waals surface area contributed by atoms with Gasteiger partial charge in [0.25, 0.3) is 0 Å². The molecule has 0 aliphatic heterocycles. The monoisotopic (exact) mass is 271 g/mol. The molecule has 2 rings (SSSR count). The third-order valence-electron chi connectivity index (χ3n) is 2.76. The molecular formula is C16H17NO3. The third-order valence-corrected chi connectivity index (χ3v) is 2.76. The van der Waals surface area contributed by atoms with Crippen molar-refractivity contribution in [3.63, 3.8) is 0 Å². The Balaban J connectivity index is 2.09. The molecule has 2 aromatic carbocycles. The minimum atomic E-state index is -0.0107. The van der Waals surface area contributed by atoms with Gasteiger partial charge in [-0.3, -0.25) is 4.79 Å². The molecule has 0 fully saturated rings. The summed E-state index contributed by atoms with van der Waals surface area (Å²) in [5.74, 6) is 2.00. The number of carbonyl (C=O) groups is 1. The van der Waals surface area contributed by atoms with Gasteiger partial charge in [0.15, 0.2) is 11.5 Å². The first-order valence-electron chi connectivity index (χ1n) is 6.43. The van der Waals surface area contributed by atoms with Gasteiger partial charge in [0.2, 0.25) is 5.91 Å². The van der Waals surface area contributed by atoms with E-state index in [-0.39, 0.29) is 5.91 Å². The molecular weight excluding hydrogens is 254 g/mol. The van der Waals surface area contributed by atoms with Crippen LogP contribution in [0.5, 0.6) is 17.2 Å². The topological polar surface area (TPSA) is 47.6 Å². The molecule has 0 aromatic heterocycles. The number of methoxy groups -OCH3 is 1. The molecule has 1 N–H and O–H groups in total. The molecule has 0 unspecified atom stereocenters. The molecule has 0 heterocycles. The Hall–Kier alpha value is -2.49. The molecule has 0 aliphatic carbocycles. The van der Waals surface area contributed by atoms with Crippen LogP contribution < -0.4 is 14.8 Å². The van der Waals surface area contributed by atoms with Gasteiger partial charge in [-0.2, -0.15) is 0 Å². The zero-order valence-electron chi connectivity index (χ0n) is 11.6. The van der Waals surface area contributed by atoms with Crippen LogP contribution in [0.2, 0.25) is 0 Å². The van der Waals surface area contributed by atoms with Gasteiger partial charge >= 0.3 is 0 Å². The van der Waals surface area contributed by atoms with Gasteiger partial charge in [-0.05, 0) is 36.4 Å². The molecule has 4 heteroatoms. The highest BCUT2D eigenvalue weighted by molar-refractivity contribution is 5.90. The van der Waals surface area contributed by atoms with Crippen LogP contribution in [0.3, 0.4) is 0 Å². The first kappa shape index (κ1) is 13.9. The molecule has 20 heavy (non-hydrogen) atoms. The van der Waals surface area contributed by atoms with Crippen molar-refractivity contribution in [2.45, 2.75) is 13.3 Å². The Kier molecular flexibility index (Phi) is 4.60. The van der Waals surface area contributed by atoms with E-state index >= 15 is 0 Å². The molecule has 0 saturated carbocycles. The highest BCUT2D eigenvalue weighted by Gasteiger charge is 2.04. The van der Waals surface area contributed by atoms with Crippen molar-refractivity contribution in [1.82, 2.24) is 0 Å². The van der Waals surface area contributed by atoms with Crippen LogP contribution in [0.25, 0.3) is 0 Å². The van der Waals surface area contributed by atoms with Crippen molar-refractivity contribution >= 4 is 11.6 Å². The van der Waals surface area contributed by atoms with Crippen molar-refractivity contribution in [3.05, 3.63) is 48.5 Å². The lowest BCUT2D eigenvalue weighted by Gasteiger charge is -2.10. The van der Waals surface area contributed by atoms with E-state index in [1.165, 1.54) is 0 Å². The Morgan fingerprint density at radius 2 is 1.70 bits per heavy atom. The quantitative estimate of drug-likeness (QED) is 0.898. The number of para-hydroxylation sites is 2. The van der Waals surface area contributed by atoms with Gasteiger partial charge in [0.1, 0.15) is 5.75 Å². The van der Waals surface area contributed by atoms with E-state index in [2.05, 4.69) is 5.32 Å². The minimum Gasteiger partial charge on any atom is -0.493 e. The van der Waals surface area contributed by atoms with Gasteiger partial charge in [0.05, 0.1) is 7.11 Å². The smallest absolute Gasteiger partial charge is 0.224 e. The molecule has 0 saturated heterocycles. The maximum absolute atomic E-state index is 11.3. The predicted molar refractivity (Wildman–Crippen MR) is 78.4 cm³/mol. The largest absolute Gasteiger partial charge is 0.493 e. The van der Waals surface area contributed by atoms with Crippen molar-refractivity contribution < 1.29 is 14.3 Å². The second-order valence-corrected chi connectivity index (χ2v) is 4.18. The van der Waals surface area contributed by atoms with E-state index in [1.807, 2.05) is 31.2 Å². The highest BCUT2D eigenvalue weighted by atomic mass is 16.5. The fourth-order valence-corrected chi connectivity index (χ4v) is 1.69. The minimum absolute atomic E-state index is 0.0107. The summed E-state index contributed by atoms with van der Waals surface area (Å²) in [7, 11) is 1.60. The first-order valence-corrected chi connectivity index (χ1v) is 6.43. The fourth-order valence-electron chi connectivity index (χ4n) is 1.69. The molecule has 4 nitrogen and oxygen atoms in total. The van der Waals surface area contributed by atoms with Crippen molar-refractivity contribution in [3.8, 4) is 17.2 Å². The second kappa shape index (κ2) is 6.61. The van der Waals surface area contributed by atoms with E-state index in [9.17, 15) is 4.79 Å². The maximum Gasteiger partial charge on any atom is 0.224 e. The number of benzene rings is 2. The Bertz CT molecular complexity index is 579. The fraction of sp³-hybridized carbons (Fsp3) is 0.188. The van der Waals surface area contributed by atoms with Crippen LogP contribution in [0.1, 0.15) is 13.3 Å². The summed E-state index contributed by atoms with van der Waals surface area (Å²) >= 11 is 0. The Morgan fingerprint density at radius 3 is 2.30 bits per heavy atom. The molecule has 1 amide bonds. The number of carbonyl (C=O) groups excluding carboxylic acids is 1. The van der Waals surface area contributed by atoms with Crippen molar-refractivity contribution in [2.75, 3.05) is 12.4 Å². The van der Waals surface area contributed by atoms with E-state index in [4.69, 9.17) is 9.47 Å². The van der Waals surface area contributed by atoms with Crippen LogP contribution in [0.4, 0.5) is 5.69 Å². The summed E-state index contributed by atoms with van der Waals surface area (Å²) in [5.41, 5.74) is 0.754. The summed E-state index contributed by atoms with van der Waals surface area (Å²) in [6.07, 6.45) is 0.458. The van der Waals surface area contributed by atoms with Crippen LogP contribution in [-0.2, 0) is 4.79 Å². The van der Waals surface area contributed by atoms with Crippen LogP contribution in [-0.4, -0.2) is 13.0 Å². The normalized spacial score (nSPS) is 9.90. The number of hydrogen-bond acceptors (Lipinski definition) is 3. The van der Waals surface area contributed by atoms with Gasteiger partial charge in [-0.15, -0.1) is 0 Å². The number of amides is 1. The molecule has 2 aromatic rings. The second-order valence-electron chi connectivity index (χ2n) is 4.18. The highest BCUT2D eigenvalue weighted by Crippen LogP contribution is 2.31. The molecule has 0 aliphatic rings. The van der Waals surface area contributed by atoms with Gasteiger partial charge < -0.3 is 14.8 Å². The van der Waals surface area contributed by atoms with Gasteiger partial charge in [-0.1, -0.05) is 19.1 Å². The van der Waals surface area contributed by atoms with E-state index < -0.39 is 0 Å². The molecule has 0 bridgehead atoms. The van der Waals surface area contributed by atoms with Crippen molar-refractivity contribution in [1.29, 1.82) is 0 Å². The molecule has 104 valence electrons. The summed E-state index contributed by atoms with van der Waals surface area (Å²) in [6.45, 7) is 1.81.